The third kappa shape index (κ3) is 4.73. The second-order valence-electron chi connectivity index (χ2n) is 2.61. The highest BCUT2D eigenvalue weighted by atomic mass is 16.7. The molecule has 62 valence electrons. The van der Waals surface area contributed by atoms with E-state index in [1.807, 2.05) is 27.9 Å². The molecule has 0 aromatic heterocycles. The number of rotatable bonds is 5. The van der Waals surface area contributed by atoms with Crippen LogP contribution in [0.5, 0.6) is 0 Å². The van der Waals surface area contributed by atoms with Crippen molar-refractivity contribution in [2.24, 2.45) is 0 Å². The molecule has 10 heavy (non-hydrogen) atoms. The van der Waals surface area contributed by atoms with Gasteiger partial charge in [0.05, 0.1) is 0 Å². The molecular weight excluding hydrogens is 130 g/mol. The van der Waals surface area contributed by atoms with Gasteiger partial charge in [-0.3, -0.25) is 0 Å². The molecule has 0 aliphatic rings. The summed E-state index contributed by atoms with van der Waals surface area (Å²) in [4.78, 5) is 5.34. The van der Waals surface area contributed by atoms with Gasteiger partial charge in [0, 0.05) is 6.61 Å². The van der Waals surface area contributed by atoms with Crippen LogP contribution in [0.3, 0.4) is 0 Å². The number of hydrogen-bond acceptors (Lipinski definition) is 2. The van der Waals surface area contributed by atoms with Gasteiger partial charge in [-0.25, -0.2) is 4.84 Å². The van der Waals surface area contributed by atoms with Crippen molar-refractivity contribution in [2.45, 2.75) is 13.8 Å². The molecule has 3 heteroatoms. The molecule has 0 amide bonds. The van der Waals surface area contributed by atoms with E-state index in [0.717, 1.165) is 13.2 Å². The fourth-order valence-corrected chi connectivity index (χ4v) is 0.698. The maximum absolute atomic E-state index is 5.34. The average Bonchev–Trinajstić information content (AvgIpc) is 1.84. The van der Waals surface area contributed by atoms with Crippen molar-refractivity contribution in [1.29, 1.82) is 0 Å². The predicted octanol–water partition coefficient (Wildman–Crippen LogP) is 1.01. The van der Waals surface area contributed by atoms with E-state index in [0.29, 0.717) is 11.4 Å². The lowest BCUT2D eigenvalue weighted by atomic mass is 10.8. The highest BCUT2D eigenvalue weighted by molar-refractivity contribution is 4.07. The van der Waals surface area contributed by atoms with Crippen molar-refractivity contribution >= 4 is 0 Å². The Kier molecular flexibility index (Phi) is 4.60. The fraction of sp³-hybridized carbons (Fsp3) is 1.00. The Morgan fingerprint density at radius 2 is 1.70 bits per heavy atom. The fourth-order valence-electron chi connectivity index (χ4n) is 0.698. The molecular formula is C7H18NO2+. The zero-order valence-electron chi connectivity index (χ0n) is 7.39. The van der Waals surface area contributed by atoms with E-state index in [1.165, 1.54) is 0 Å². The number of quaternary nitrogens is 1. The standard InChI is InChI=1S/C7H18NO2/c1-5-9-7-8(3,4)10-6-2/h5-7H2,1-4H3/q+1. The Morgan fingerprint density at radius 3 is 2.10 bits per heavy atom. The van der Waals surface area contributed by atoms with Crippen molar-refractivity contribution in [2.75, 3.05) is 34.0 Å². The van der Waals surface area contributed by atoms with Crippen molar-refractivity contribution < 1.29 is 14.2 Å². The lowest BCUT2D eigenvalue weighted by Crippen LogP contribution is -2.41. The molecule has 0 saturated heterocycles. The van der Waals surface area contributed by atoms with Crippen molar-refractivity contribution in [1.82, 2.24) is 0 Å². The first-order chi connectivity index (χ1) is 4.62. The number of hydrogen-bond donors (Lipinski definition) is 0. The van der Waals surface area contributed by atoms with Crippen LogP contribution in [0.4, 0.5) is 0 Å². The van der Waals surface area contributed by atoms with E-state index in [-0.39, 0.29) is 0 Å². The largest absolute Gasteiger partial charge is 0.329 e. The SMILES string of the molecule is CCOC[N+](C)(C)OCC. The lowest BCUT2D eigenvalue weighted by Gasteiger charge is -2.25. The second-order valence-corrected chi connectivity index (χ2v) is 2.61. The van der Waals surface area contributed by atoms with Gasteiger partial charge in [-0.15, -0.1) is 0 Å². The summed E-state index contributed by atoms with van der Waals surface area (Å²) in [5.41, 5.74) is 0. The van der Waals surface area contributed by atoms with Crippen molar-refractivity contribution in [3.63, 3.8) is 0 Å². The van der Waals surface area contributed by atoms with Crippen LogP contribution < -0.4 is 0 Å². The van der Waals surface area contributed by atoms with Gasteiger partial charge in [0.2, 0.25) is 6.73 Å². The molecule has 0 N–H and O–H groups in total. The molecule has 0 rings (SSSR count). The van der Waals surface area contributed by atoms with Crippen molar-refractivity contribution in [3.8, 4) is 0 Å². The van der Waals surface area contributed by atoms with Gasteiger partial charge in [-0.05, 0) is 13.8 Å². The van der Waals surface area contributed by atoms with E-state index in [4.69, 9.17) is 9.57 Å². The van der Waals surface area contributed by atoms with Gasteiger partial charge < -0.3 is 4.74 Å². The summed E-state index contributed by atoms with van der Waals surface area (Å²) in [6.07, 6.45) is 0. The van der Waals surface area contributed by atoms with Crippen LogP contribution in [0.15, 0.2) is 0 Å². The van der Waals surface area contributed by atoms with Gasteiger partial charge in [0.25, 0.3) is 0 Å². The molecule has 0 spiro atoms. The highest BCUT2D eigenvalue weighted by Crippen LogP contribution is 1.97. The predicted molar refractivity (Wildman–Crippen MR) is 40.2 cm³/mol. The number of ether oxygens (including phenoxy) is 1. The van der Waals surface area contributed by atoms with Crippen LogP contribution in [0.1, 0.15) is 13.8 Å². The van der Waals surface area contributed by atoms with Crippen LogP contribution in [0.2, 0.25) is 0 Å². The van der Waals surface area contributed by atoms with Crippen LogP contribution in [0.25, 0.3) is 0 Å². The number of nitrogens with zero attached hydrogens (tertiary/aromatic N) is 1. The molecule has 0 atom stereocenters. The summed E-state index contributed by atoms with van der Waals surface area (Å²) in [6, 6.07) is 0. The van der Waals surface area contributed by atoms with Crippen LogP contribution in [-0.4, -0.2) is 38.7 Å². The molecule has 3 nitrogen and oxygen atoms in total. The van der Waals surface area contributed by atoms with Gasteiger partial charge in [-0.1, -0.05) is 0 Å². The Morgan fingerprint density at radius 1 is 1.10 bits per heavy atom. The Labute approximate surface area is 63.1 Å². The van der Waals surface area contributed by atoms with Gasteiger partial charge in [0.15, 0.2) is 0 Å². The summed E-state index contributed by atoms with van der Waals surface area (Å²) < 4.78 is 5.67. The van der Waals surface area contributed by atoms with E-state index < -0.39 is 0 Å². The lowest BCUT2D eigenvalue weighted by molar-refractivity contribution is -1.09. The summed E-state index contributed by atoms with van der Waals surface area (Å²) in [7, 11) is 3.94. The molecule has 0 saturated carbocycles. The maximum atomic E-state index is 5.34. The molecule has 0 aliphatic carbocycles. The smallest absolute Gasteiger partial charge is 0.212 e. The minimum absolute atomic E-state index is 0.477. The number of hydroxylamine groups is 3. The molecule has 0 radical (unpaired) electrons. The molecule has 0 aromatic carbocycles. The molecule has 0 unspecified atom stereocenters. The summed E-state index contributed by atoms with van der Waals surface area (Å²) in [6.45, 7) is 6.04. The normalized spacial score (nSPS) is 12.0. The Bertz CT molecular complexity index is 83.7. The average molecular weight is 148 g/mol. The minimum atomic E-state index is 0.477. The highest BCUT2D eigenvalue weighted by Gasteiger charge is 2.14. The van der Waals surface area contributed by atoms with Crippen LogP contribution in [0, 0.1) is 0 Å². The molecule has 0 aliphatic heterocycles. The molecule has 0 fully saturated rings. The van der Waals surface area contributed by atoms with Gasteiger partial charge in [-0.2, -0.15) is 4.65 Å². The zero-order chi connectivity index (χ0) is 8.04. The Balaban J connectivity index is 3.42. The quantitative estimate of drug-likeness (QED) is 0.329. The second kappa shape index (κ2) is 4.66. The van der Waals surface area contributed by atoms with E-state index in [1.54, 1.807) is 0 Å². The minimum Gasteiger partial charge on any atom is -0.329 e. The topological polar surface area (TPSA) is 18.5 Å². The first-order valence-electron chi connectivity index (χ1n) is 3.67. The van der Waals surface area contributed by atoms with Gasteiger partial charge in [0.1, 0.15) is 20.7 Å². The van der Waals surface area contributed by atoms with E-state index in [9.17, 15) is 0 Å². The third-order valence-electron chi connectivity index (χ3n) is 1.08. The summed E-state index contributed by atoms with van der Waals surface area (Å²) >= 11 is 0. The van der Waals surface area contributed by atoms with Crippen LogP contribution >= 0.6 is 0 Å². The molecule has 0 aromatic rings. The van der Waals surface area contributed by atoms with Crippen molar-refractivity contribution in [3.05, 3.63) is 0 Å². The Hall–Kier alpha value is -0.120. The van der Waals surface area contributed by atoms with Gasteiger partial charge >= 0.3 is 0 Å². The maximum Gasteiger partial charge on any atom is 0.212 e. The van der Waals surface area contributed by atoms with Crippen LogP contribution in [-0.2, 0) is 9.57 Å². The summed E-state index contributed by atoms with van der Waals surface area (Å²) in [5, 5.41) is 0. The van der Waals surface area contributed by atoms with E-state index in [2.05, 4.69) is 0 Å². The zero-order valence-corrected chi connectivity index (χ0v) is 7.39. The van der Waals surface area contributed by atoms with E-state index >= 15 is 0 Å². The first-order valence-corrected chi connectivity index (χ1v) is 3.67. The summed E-state index contributed by atoms with van der Waals surface area (Å²) in [5.74, 6) is 0. The monoisotopic (exact) mass is 148 g/mol. The molecule has 0 heterocycles. The third-order valence-corrected chi connectivity index (χ3v) is 1.08. The first kappa shape index (κ1) is 9.88. The molecule has 0 bridgehead atoms.